The van der Waals surface area contributed by atoms with Crippen molar-refractivity contribution in [3.8, 4) is 5.75 Å². The maximum Gasteiger partial charge on any atom is 0.258 e. The van der Waals surface area contributed by atoms with E-state index in [1.54, 1.807) is 32.7 Å². The van der Waals surface area contributed by atoms with Gasteiger partial charge in [0.1, 0.15) is 5.75 Å². The van der Waals surface area contributed by atoms with Crippen molar-refractivity contribution in [1.29, 1.82) is 0 Å². The first kappa shape index (κ1) is 24.2. The number of nitrogens with zero attached hydrogens (tertiary/aromatic N) is 2. The third-order valence-electron chi connectivity index (χ3n) is 6.27. The van der Waals surface area contributed by atoms with E-state index in [9.17, 15) is 13.2 Å². The quantitative estimate of drug-likeness (QED) is 0.554. The zero-order valence-electron chi connectivity index (χ0n) is 19.1. The predicted octanol–water partition coefficient (Wildman–Crippen LogP) is 4.14. The molecule has 9 heteroatoms. The van der Waals surface area contributed by atoms with E-state index in [4.69, 9.17) is 9.47 Å². The zero-order valence-corrected chi connectivity index (χ0v) is 20.7. The molecule has 2 aliphatic heterocycles. The molecular weight excluding hydrogens is 460 g/mol. The van der Waals surface area contributed by atoms with Crippen molar-refractivity contribution in [2.75, 3.05) is 33.4 Å². The number of carbonyl (C=O) groups excluding carboxylic acids is 1. The summed E-state index contributed by atoms with van der Waals surface area (Å²) in [5.41, 5.74) is 0.267. The predicted molar refractivity (Wildman–Crippen MR) is 128 cm³/mol. The van der Waals surface area contributed by atoms with E-state index in [1.165, 1.54) is 13.2 Å². The summed E-state index contributed by atoms with van der Waals surface area (Å²) in [4.78, 5) is 16.7. The van der Waals surface area contributed by atoms with Gasteiger partial charge in [0.25, 0.3) is 5.91 Å². The summed E-state index contributed by atoms with van der Waals surface area (Å²) >= 11 is 1.59. The molecule has 0 aliphatic carbocycles. The highest BCUT2D eigenvalue weighted by atomic mass is 32.2. The highest BCUT2D eigenvalue weighted by molar-refractivity contribution is 7.89. The van der Waals surface area contributed by atoms with Gasteiger partial charge in [-0.1, -0.05) is 18.9 Å². The number of hydrogen-bond acceptors (Lipinski definition) is 6. The Balaban J connectivity index is 1.64. The van der Waals surface area contributed by atoms with Gasteiger partial charge in [-0.3, -0.25) is 4.79 Å². The van der Waals surface area contributed by atoms with Crippen LogP contribution in [0.25, 0.3) is 0 Å². The van der Waals surface area contributed by atoms with Crippen LogP contribution in [0.5, 0.6) is 5.75 Å². The Morgan fingerprint density at radius 1 is 1.18 bits per heavy atom. The van der Waals surface area contributed by atoms with Gasteiger partial charge in [-0.15, -0.1) is 11.3 Å². The first-order chi connectivity index (χ1) is 16.0. The molecule has 3 heterocycles. The number of methoxy groups -OCH3 is 1. The number of carbonyl (C=O) groups is 1. The van der Waals surface area contributed by atoms with E-state index in [0.717, 1.165) is 43.4 Å². The topological polar surface area (TPSA) is 76.2 Å². The number of ether oxygens (including phenoxy) is 2. The lowest BCUT2D eigenvalue weighted by molar-refractivity contribution is 0.0507. The standard InChI is InChI=1S/C24H32N2O5S2/c1-30-23-11-10-21(33(28,29)26-12-4-2-3-5-13-26)16-22(23)24(27)25(17-19-8-6-14-31-19)18-20-9-7-15-32-20/h7,9-11,15-16,19H,2-6,8,12-14,17-18H2,1H3. The van der Waals surface area contributed by atoms with Gasteiger partial charge in [0.2, 0.25) is 10.0 Å². The fourth-order valence-electron chi connectivity index (χ4n) is 4.46. The van der Waals surface area contributed by atoms with Gasteiger partial charge in [-0.2, -0.15) is 4.31 Å². The van der Waals surface area contributed by atoms with E-state index in [0.29, 0.717) is 38.5 Å². The number of benzene rings is 1. The van der Waals surface area contributed by atoms with E-state index >= 15 is 0 Å². The highest BCUT2D eigenvalue weighted by Crippen LogP contribution is 2.28. The van der Waals surface area contributed by atoms with Crippen LogP contribution in [0.2, 0.25) is 0 Å². The Kier molecular flexibility index (Phi) is 8.06. The summed E-state index contributed by atoms with van der Waals surface area (Å²) in [6, 6.07) is 8.58. The van der Waals surface area contributed by atoms with Crippen LogP contribution in [0.3, 0.4) is 0 Å². The minimum absolute atomic E-state index is 0.0103. The molecule has 0 saturated carbocycles. The molecule has 4 rings (SSSR count). The number of rotatable bonds is 8. The van der Waals surface area contributed by atoms with Gasteiger partial charge in [0, 0.05) is 31.1 Å². The van der Waals surface area contributed by atoms with Crippen LogP contribution < -0.4 is 4.74 Å². The summed E-state index contributed by atoms with van der Waals surface area (Å²) < 4.78 is 39.5. The molecule has 2 aromatic rings. The number of thiophene rings is 1. The summed E-state index contributed by atoms with van der Waals surface area (Å²) in [5.74, 6) is 0.127. The average Bonchev–Trinajstić information content (AvgIpc) is 3.46. The second kappa shape index (κ2) is 11.0. The van der Waals surface area contributed by atoms with Gasteiger partial charge in [-0.05, 0) is 55.3 Å². The Morgan fingerprint density at radius 2 is 1.97 bits per heavy atom. The molecule has 1 aromatic carbocycles. The third-order valence-corrected chi connectivity index (χ3v) is 9.02. The summed E-state index contributed by atoms with van der Waals surface area (Å²) in [6.07, 6.45) is 5.68. The van der Waals surface area contributed by atoms with E-state index in [1.807, 2.05) is 17.5 Å². The van der Waals surface area contributed by atoms with Crippen molar-refractivity contribution >= 4 is 27.3 Å². The minimum Gasteiger partial charge on any atom is -0.496 e. The van der Waals surface area contributed by atoms with Crippen molar-refractivity contribution in [2.24, 2.45) is 0 Å². The van der Waals surface area contributed by atoms with Crippen LogP contribution >= 0.6 is 11.3 Å². The molecule has 180 valence electrons. The molecule has 0 N–H and O–H groups in total. The Morgan fingerprint density at radius 3 is 2.61 bits per heavy atom. The van der Waals surface area contributed by atoms with Gasteiger partial charge >= 0.3 is 0 Å². The lowest BCUT2D eigenvalue weighted by Gasteiger charge is -2.26. The average molecular weight is 493 g/mol. The first-order valence-corrected chi connectivity index (χ1v) is 13.9. The van der Waals surface area contributed by atoms with Gasteiger partial charge < -0.3 is 14.4 Å². The third kappa shape index (κ3) is 5.77. The maximum absolute atomic E-state index is 13.7. The van der Waals surface area contributed by atoms with Gasteiger partial charge in [0.15, 0.2) is 0 Å². The van der Waals surface area contributed by atoms with E-state index < -0.39 is 10.0 Å². The lowest BCUT2D eigenvalue weighted by atomic mass is 10.1. The fourth-order valence-corrected chi connectivity index (χ4v) is 6.72. The highest BCUT2D eigenvalue weighted by Gasteiger charge is 2.30. The van der Waals surface area contributed by atoms with Crippen molar-refractivity contribution in [3.05, 3.63) is 46.2 Å². The van der Waals surface area contributed by atoms with Gasteiger partial charge in [0.05, 0.1) is 30.2 Å². The minimum atomic E-state index is -3.68. The van der Waals surface area contributed by atoms with Crippen LogP contribution in [0, 0.1) is 0 Å². The molecule has 1 amide bonds. The monoisotopic (exact) mass is 492 g/mol. The van der Waals surface area contributed by atoms with Crippen molar-refractivity contribution in [2.45, 2.75) is 56.1 Å². The molecule has 7 nitrogen and oxygen atoms in total. The number of sulfonamides is 1. The van der Waals surface area contributed by atoms with E-state index in [-0.39, 0.29) is 22.5 Å². The smallest absolute Gasteiger partial charge is 0.258 e. The summed E-state index contributed by atoms with van der Waals surface area (Å²) in [5, 5.41) is 1.99. The van der Waals surface area contributed by atoms with Crippen LogP contribution in [0.15, 0.2) is 40.6 Å². The van der Waals surface area contributed by atoms with Crippen LogP contribution in [0.1, 0.15) is 53.8 Å². The zero-order chi connectivity index (χ0) is 23.3. The second-order valence-corrected chi connectivity index (χ2v) is 11.6. The molecular formula is C24H32N2O5S2. The number of hydrogen-bond donors (Lipinski definition) is 0. The van der Waals surface area contributed by atoms with Crippen molar-refractivity contribution in [3.63, 3.8) is 0 Å². The fraction of sp³-hybridized carbons (Fsp3) is 0.542. The summed E-state index contributed by atoms with van der Waals surface area (Å²) in [6.45, 7) is 2.65. The molecule has 0 spiro atoms. The molecule has 2 saturated heterocycles. The molecule has 33 heavy (non-hydrogen) atoms. The molecule has 1 aromatic heterocycles. The molecule has 1 unspecified atom stereocenters. The SMILES string of the molecule is COc1ccc(S(=O)(=O)N2CCCCCC2)cc1C(=O)N(Cc1cccs1)CC1CCCO1. The first-order valence-electron chi connectivity index (χ1n) is 11.6. The van der Waals surface area contributed by atoms with Gasteiger partial charge in [-0.25, -0.2) is 8.42 Å². The van der Waals surface area contributed by atoms with Crippen LogP contribution in [-0.4, -0.2) is 63.0 Å². The van der Waals surface area contributed by atoms with Crippen LogP contribution in [0.4, 0.5) is 0 Å². The maximum atomic E-state index is 13.7. The normalized spacial score (nSPS) is 19.8. The molecule has 1 atom stereocenters. The largest absolute Gasteiger partial charge is 0.496 e. The second-order valence-electron chi connectivity index (χ2n) is 8.58. The summed E-state index contributed by atoms with van der Waals surface area (Å²) in [7, 11) is -2.18. The molecule has 2 fully saturated rings. The van der Waals surface area contributed by atoms with Crippen LogP contribution in [-0.2, 0) is 21.3 Å². The van der Waals surface area contributed by atoms with Crippen molar-refractivity contribution in [1.82, 2.24) is 9.21 Å². The Hall–Kier alpha value is -1.94. The lowest BCUT2D eigenvalue weighted by Crippen LogP contribution is -2.37. The van der Waals surface area contributed by atoms with Crippen molar-refractivity contribution < 1.29 is 22.7 Å². The molecule has 0 radical (unpaired) electrons. The Labute approximate surface area is 200 Å². The Bertz CT molecular complexity index is 1030. The number of amides is 1. The molecule has 2 aliphatic rings. The van der Waals surface area contributed by atoms with E-state index in [2.05, 4.69) is 0 Å². The molecule has 0 bridgehead atoms.